The lowest BCUT2D eigenvalue weighted by Gasteiger charge is -2.07. The van der Waals surface area contributed by atoms with E-state index in [2.05, 4.69) is 15.9 Å². The highest BCUT2D eigenvalue weighted by Gasteiger charge is 2.09. The van der Waals surface area contributed by atoms with E-state index in [0.29, 0.717) is 28.2 Å². The minimum absolute atomic E-state index is 0.315. The Balaban J connectivity index is 2.70. The summed E-state index contributed by atoms with van der Waals surface area (Å²) >= 11 is 3.26. The van der Waals surface area contributed by atoms with Gasteiger partial charge in [0.05, 0.1) is 12.2 Å². The number of hydrogen-bond donors (Lipinski definition) is 1. The summed E-state index contributed by atoms with van der Waals surface area (Å²) in [5.74, 6) is 0.0237. The fourth-order valence-corrected chi connectivity index (χ4v) is 1.36. The van der Waals surface area contributed by atoms with Gasteiger partial charge >= 0.3 is 5.97 Å². The number of carbonyl (C=O) groups is 1. The number of benzene rings is 1. The van der Waals surface area contributed by atoms with Gasteiger partial charge in [-0.1, -0.05) is 13.8 Å². The topological polar surface area (TPSA) is 52.3 Å². The van der Waals surface area contributed by atoms with Crippen LogP contribution in [0.1, 0.15) is 24.2 Å². The molecule has 0 fully saturated rings. The van der Waals surface area contributed by atoms with E-state index >= 15 is 0 Å². The first-order valence-electron chi connectivity index (χ1n) is 4.73. The predicted molar refractivity (Wildman–Crippen MR) is 63.7 cm³/mol. The fraction of sp³-hybridized carbons (Fsp3) is 0.364. The molecule has 0 heterocycles. The molecule has 0 saturated carbocycles. The van der Waals surface area contributed by atoms with Gasteiger partial charge in [-0.2, -0.15) is 0 Å². The standard InChI is InChI=1S/C11H14BrNO2/c1-7(2)6-15-11(14)8-3-4-10(13)9(12)5-8/h3-5,7H,6,13H2,1-2H3. The van der Waals surface area contributed by atoms with Crippen LogP contribution in [0.4, 0.5) is 5.69 Å². The maximum Gasteiger partial charge on any atom is 0.338 e. The number of halogens is 1. The zero-order valence-corrected chi connectivity index (χ0v) is 10.4. The second-order valence-electron chi connectivity index (χ2n) is 3.73. The average Bonchev–Trinajstić information content (AvgIpc) is 2.18. The summed E-state index contributed by atoms with van der Waals surface area (Å²) in [6.07, 6.45) is 0. The number of carbonyl (C=O) groups excluding carboxylic acids is 1. The average molecular weight is 272 g/mol. The third-order valence-corrected chi connectivity index (χ3v) is 2.47. The summed E-state index contributed by atoms with van der Waals surface area (Å²) in [6, 6.07) is 5.00. The van der Waals surface area contributed by atoms with Crippen LogP contribution in [0.3, 0.4) is 0 Å². The van der Waals surface area contributed by atoms with Gasteiger partial charge in [-0.25, -0.2) is 4.79 Å². The number of anilines is 1. The maximum atomic E-state index is 11.5. The Kier molecular flexibility index (Phi) is 4.15. The third kappa shape index (κ3) is 3.55. The largest absolute Gasteiger partial charge is 0.462 e. The van der Waals surface area contributed by atoms with E-state index in [9.17, 15) is 4.79 Å². The molecule has 82 valence electrons. The van der Waals surface area contributed by atoms with E-state index in [0.717, 1.165) is 0 Å². The second-order valence-corrected chi connectivity index (χ2v) is 4.58. The lowest BCUT2D eigenvalue weighted by Crippen LogP contribution is -2.10. The van der Waals surface area contributed by atoms with Crippen LogP contribution in [-0.2, 0) is 4.74 Å². The highest BCUT2D eigenvalue weighted by molar-refractivity contribution is 9.10. The van der Waals surface area contributed by atoms with E-state index < -0.39 is 0 Å². The molecule has 0 radical (unpaired) electrons. The summed E-state index contributed by atoms with van der Waals surface area (Å²) in [5.41, 5.74) is 6.73. The monoisotopic (exact) mass is 271 g/mol. The number of rotatable bonds is 3. The van der Waals surface area contributed by atoms with Gasteiger partial charge < -0.3 is 10.5 Å². The van der Waals surface area contributed by atoms with E-state index in [-0.39, 0.29) is 5.97 Å². The Hall–Kier alpha value is -1.03. The normalized spacial score (nSPS) is 10.4. The van der Waals surface area contributed by atoms with Gasteiger partial charge in [0.15, 0.2) is 0 Å². The van der Waals surface area contributed by atoms with Crippen LogP contribution in [0.2, 0.25) is 0 Å². The second kappa shape index (κ2) is 5.16. The van der Waals surface area contributed by atoms with Crippen LogP contribution in [-0.4, -0.2) is 12.6 Å². The number of nitrogens with two attached hydrogens (primary N) is 1. The maximum absolute atomic E-state index is 11.5. The summed E-state index contributed by atoms with van der Waals surface area (Å²) in [7, 11) is 0. The molecule has 2 N–H and O–H groups in total. The Morgan fingerprint density at radius 1 is 1.53 bits per heavy atom. The SMILES string of the molecule is CC(C)COC(=O)c1ccc(N)c(Br)c1. The lowest BCUT2D eigenvalue weighted by atomic mass is 10.2. The van der Waals surface area contributed by atoms with Crippen molar-refractivity contribution in [2.45, 2.75) is 13.8 Å². The number of esters is 1. The van der Waals surface area contributed by atoms with Gasteiger partial charge in [0.1, 0.15) is 0 Å². The van der Waals surface area contributed by atoms with Gasteiger partial charge in [-0.3, -0.25) is 0 Å². The minimum Gasteiger partial charge on any atom is -0.462 e. The Labute approximate surface area is 97.7 Å². The minimum atomic E-state index is -0.315. The zero-order valence-electron chi connectivity index (χ0n) is 8.79. The molecule has 0 aliphatic heterocycles. The van der Waals surface area contributed by atoms with Crippen molar-refractivity contribution in [3.8, 4) is 0 Å². The molecule has 0 amide bonds. The van der Waals surface area contributed by atoms with E-state index in [4.69, 9.17) is 10.5 Å². The predicted octanol–water partition coefficient (Wildman–Crippen LogP) is 2.84. The van der Waals surface area contributed by atoms with Crippen LogP contribution in [0.25, 0.3) is 0 Å². The fourth-order valence-electron chi connectivity index (χ4n) is 0.980. The van der Waals surface area contributed by atoms with Gasteiger partial charge in [0.2, 0.25) is 0 Å². The van der Waals surface area contributed by atoms with Crippen molar-refractivity contribution in [2.24, 2.45) is 5.92 Å². The summed E-state index contributed by atoms with van der Waals surface area (Å²) in [4.78, 5) is 11.5. The van der Waals surface area contributed by atoms with E-state index in [1.165, 1.54) is 0 Å². The molecule has 3 nitrogen and oxygen atoms in total. The third-order valence-electron chi connectivity index (χ3n) is 1.78. The van der Waals surface area contributed by atoms with Crippen molar-refractivity contribution in [2.75, 3.05) is 12.3 Å². The number of nitrogen functional groups attached to an aromatic ring is 1. The van der Waals surface area contributed by atoms with E-state index in [1.807, 2.05) is 13.8 Å². The molecule has 0 aromatic heterocycles. The quantitative estimate of drug-likeness (QED) is 0.680. The summed E-state index contributed by atoms with van der Waals surface area (Å²) in [5, 5.41) is 0. The highest BCUT2D eigenvalue weighted by atomic mass is 79.9. The first-order valence-corrected chi connectivity index (χ1v) is 5.52. The molecule has 0 aliphatic rings. The van der Waals surface area contributed by atoms with Crippen molar-refractivity contribution in [3.05, 3.63) is 28.2 Å². The summed E-state index contributed by atoms with van der Waals surface area (Å²) in [6.45, 7) is 4.42. The van der Waals surface area contributed by atoms with Gasteiger partial charge in [-0.15, -0.1) is 0 Å². The van der Waals surface area contributed by atoms with Crippen molar-refractivity contribution in [3.63, 3.8) is 0 Å². The Morgan fingerprint density at radius 3 is 2.73 bits per heavy atom. The molecular formula is C11H14BrNO2. The van der Waals surface area contributed by atoms with Crippen LogP contribution in [0, 0.1) is 5.92 Å². The number of hydrogen-bond acceptors (Lipinski definition) is 3. The molecule has 1 rings (SSSR count). The zero-order chi connectivity index (χ0) is 11.4. The molecule has 15 heavy (non-hydrogen) atoms. The lowest BCUT2D eigenvalue weighted by molar-refractivity contribution is 0.0459. The molecule has 0 bridgehead atoms. The van der Waals surface area contributed by atoms with Crippen molar-refractivity contribution >= 4 is 27.6 Å². The smallest absolute Gasteiger partial charge is 0.338 e. The van der Waals surface area contributed by atoms with Crippen LogP contribution >= 0.6 is 15.9 Å². The molecular weight excluding hydrogens is 258 g/mol. The van der Waals surface area contributed by atoms with Crippen molar-refractivity contribution < 1.29 is 9.53 Å². The molecule has 4 heteroatoms. The molecule has 0 unspecified atom stereocenters. The molecule has 1 aromatic rings. The van der Waals surface area contributed by atoms with Gasteiger partial charge in [0.25, 0.3) is 0 Å². The summed E-state index contributed by atoms with van der Waals surface area (Å²) < 4.78 is 5.79. The Bertz CT molecular complexity index is 364. The van der Waals surface area contributed by atoms with Crippen LogP contribution in [0.5, 0.6) is 0 Å². The van der Waals surface area contributed by atoms with Crippen molar-refractivity contribution in [1.82, 2.24) is 0 Å². The molecule has 0 atom stereocenters. The van der Waals surface area contributed by atoms with Crippen LogP contribution in [0.15, 0.2) is 22.7 Å². The first-order chi connectivity index (χ1) is 7.00. The molecule has 1 aromatic carbocycles. The molecule has 0 saturated heterocycles. The van der Waals surface area contributed by atoms with Crippen molar-refractivity contribution in [1.29, 1.82) is 0 Å². The Morgan fingerprint density at radius 2 is 2.20 bits per heavy atom. The van der Waals surface area contributed by atoms with Gasteiger partial charge in [0, 0.05) is 10.2 Å². The molecule has 0 aliphatic carbocycles. The van der Waals surface area contributed by atoms with Crippen LogP contribution < -0.4 is 5.73 Å². The first kappa shape index (κ1) is 12.0. The molecule has 0 spiro atoms. The van der Waals surface area contributed by atoms with E-state index in [1.54, 1.807) is 18.2 Å². The van der Waals surface area contributed by atoms with Gasteiger partial charge in [-0.05, 0) is 40.0 Å². The number of ether oxygens (including phenoxy) is 1. The highest BCUT2D eigenvalue weighted by Crippen LogP contribution is 2.20.